The molecule has 0 aliphatic heterocycles. The number of nitrogens with zero attached hydrogens (tertiary/aromatic N) is 1. The van der Waals surface area contributed by atoms with Crippen LogP contribution in [0.15, 0.2) is 53.6 Å². The Balaban J connectivity index is 1.91. The first kappa shape index (κ1) is 20.2. The van der Waals surface area contributed by atoms with Gasteiger partial charge in [-0.2, -0.15) is 0 Å². The van der Waals surface area contributed by atoms with Crippen molar-refractivity contribution in [1.29, 1.82) is 0 Å². The fourth-order valence-electron chi connectivity index (χ4n) is 2.48. The van der Waals surface area contributed by atoms with Gasteiger partial charge in [-0.1, -0.05) is 29.8 Å². The van der Waals surface area contributed by atoms with Crippen molar-refractivity contribution < 1.29 is 17.9 Å². The van der Waals surface area contributed by atoms with Crippen molar-refractivity contribution in [1.82, 2.24) is 4.98 Å². The second-order valence-electron chi connectivity index (χ2n) is 5.61. The van der Waals surface area contributed by atoms with Crippen molar-refractivity contribution in [3.05, 3.63) is 58.0 Å². The molecule has 0 spiro atoms. The number of thiazole rings is 1. The standard InChI is InChI=1S/C18H18ClN3O4S2/c1-25-15-9-17(28(23,24)22-12-6-4-3-5-7-12)16(26-2)8-14(15)20-10-13-11-21-18(19)27-13/h3-9,11,20,22H,10H2,1-2H3. The van der Waals surface area contributed by atoms with E-state index in [-0.39, 0.29) is 10.6 Å². The highest BCUT2D eigenvalue weighted by Gasteiger charge is 2.23. The SMILES string of the molecule is COc1cc(S(=O)(=O)Nc2ccccc2)c(OC)cc1NCc1cnc(Cl)s1. The molecule has 148 valence electrons. The molecule has 2 aromatic carbocycles. The Kier molecular flexibility index (Phi) is 6.28. The smallest absolute Gasteiger partial charge is 0.265 e. The van der Waals surface area contributed by atoms with Crippen LogP contribution in [-0.2, 0) is 16.6 Å². The minimum absolute atomic E-state index is 0.0258. The van der Waals surface area contributed by atoms with Gasteiger partial charge in [0.1, 0.15) is 16.4 Å². The lowest BCUT2D eigenvalue weighted by molar-refractivity contribution is 0.393. The number of hydrogen-bond acceptors (Lipinski definition) is 7. The molecule has 1 aromatic heterocycles. The fraction of sp³-hybridized carbons (Fsp3) is 0.167. The molecule has 10 heteroatoms. The molecule has 0 unspecified atom stereocenters. The summed E-state index contributed by atoms with van der Waals surface area (Å²) in [6.45, 7) is 0.457. The summed E-state index contributed by atoms with van der Waals surface area (Å²) in [5.74, 6) is 0.555. The number of halogens is 1. The van der Waals surface area contributed by atoms with E-state index in [9.17, 15) is 8.42 Å². The maximum atomic E-state index is 12.9. The van der Waals surface area contributed by atoms with Gasteiger partial charge in [-0.25, -0.2) is 13.4 Å². The highest BCUT2D eigenvalue weighted by molar-refractivity contribution is 7.92. The second-order valence-corrected chi connectivity index (χ2v) is 8.96. The number of rotatable bonds is 8. The van der Waals surface area contributed by atoms with Gasteiger partial charge in [-0.05, 0) is 12.1 Å². The third-order valence-corrected chi connectivity index (χ3v) is 6.30. The van der Waals surface area contributed by atoms with E-state index in [4.69, 9.17) is 21.1 Å². The van der Waals surface area contributed by atoms with Crippen LogP contribution in [0.3, 0.4) is 0 Å². The average Bonchev–Trinajstić information content (AvgIpc) is 3.11. The van der Waals surface area contributed by atoms with Crippen LogP contribution in [0.5, 0.6) is 11.5 Å². The van der Waals surface area contributed by atoms with Crippen molar-refractivity contribution in [2.24, 2.45) is 0 Å². The van der Waals surface area contributed by atoms with Gasteiger partial charge in [0.2, 0.25) is 0 Å². The molecular weight excluding hydrogens is 422 g/mol. The lowest BCUT2D eigenvalue weighted by Crippen LogP contribution is -2.14. The molecule has 0 radical (unpaired) electrons. The fourth-order valence-corrected chi connectivity index (χ4v) is 4.63. The molecule has 0 bridgehead atoms. The van der Waals surface area contributed by atoms with Gasteiger partial charge in [-0.15, -0.1) is 11.3 Å². The molecule has 0 fully saturated rings. The monoisotopic (exact) mass is 439 g/mol. The highest BCUT2D eigenvalue weighted by atomic mass is 35.5. The van der Waals surface area contributed by atoms with Gasteiger partial charge in [0.15, 0.2) is 4.47 Å². The molecule has 28 heavy (non-hydrogen) atoms. The zero-order valence-electron chi connectivity index (χ0n) is 15.1. The number of aromatic nitrogens is 1. The van der Waals surface area contributed by atoms with Crippen LogP contribution in [0.25, 0.3) is 0 Å². The van der Waals surface area contributed by atoms with Crippen LogP contribution in [0.1, 0.15) is 4.88 Å². The maximum Gasteiger partial charge on any atom is 0.265 e. The van der Waals surface area contributed by atoms with E-state index in [1.165, 1.54) is 31.6 Å². The first-order chi connectivity index (χ1) is 13.4. The normalized spacial score (nSPS) is 11.1. The van der Waals surface area contributed by atoms with Crippen LogP contribution in [-0.4, -0.2) is 27.6 Å². The van der Waals surface area contributed by atoms with E-state index in [1.807, 2.05) is 0 Å². The molecule has 3 rings (SSSR count). The summed E-state index contributed by atoms with van der Waals surface area (Å²) in [6.07, 6.45) is 1.67. The molecule has 0 aliphatic rings. The van der Waals surface area contributed by atoms with Crippen molar-refractivity contribution in [2.45, 2.75) is 11.4 Å². The summed E-state index contributed by atoms with van der Waals surface area (Å²) in [5, 5.41) is 3.19. The summed E-state index contributed by atoms with van der Waals surface area (Å²) >= 11 is 7.20. The number of hydrogen-bond donors (Lipinski definition) is 2. The first-order valence-electron chi connectivity index (χ1n) is 8.11. The van der Waals surface area contributed by atoms with E-state index in [1.54, 1.807) is 42.6 Å². The molecule has 0 saturated carbocycles. The van der Waals surface area contributed by atoms with Gasteiger partial charge in [0, 0.05) is 28.9 Å². The Morgan fingerprint density at radius 3 is 2.43 bits per heavy atom. The topological polar surface area (TPSA) is 89.6 Å². The van der Waals surface area contributed by atoms with E-state index < -0.39 is 10.0 Å². The number of anilines is 2. The highest BCUT2D eigenvalue weighted by Crippen LogP contribution is 2.36. The maximum absolute atomic E-state index is 12.9. The van der Waals surface area contributed by atoms with Crippen LogP contribution in [0, 0.1) is 0 Å². The first-order valence-corrected chi connectivity index (χ1v) is 10.8. The predicted molar refractivity (Wildman–Crippen MR) is 111 cm³/mol. The van der Waals surface area contributed by atoms with E-state index >= 15 is 0 Å². The third kappa shape index (κ3) is 4.67. The number of para-hydroxylation sites is 1. The van der Waals surface area contributed by atoms with E-state index in [0.717, 1.165) is 4.88 Å². The predicted octanol–water partition coefficient (Wildman–Crippen LogP) is 4.23. The minimum atomic E-state index is -3.88. The summed E-state index contributed by atoms with van der Waals surface area (Å²) in [5.41, 5.74) is 1.04. The van der Waals surface area contributed by atoms with Gasteiger partial charge >= 0.3 is 0 Å². The zero-order chi connectivity index (χ0) is 20.1. The minimum Gasteiger partial charge on any atom is -0.495 e. The van der Waals surface area contributed by atoms with Crippen molar-refractivity contribution >= 4 is 44.3 Å². The molecule has 2 N–H and O–H groups in total. The molecule has 3 aromatic rings. The number of sulfonamides is 1. The molecule has 0 atom stereocenters. The van der Waals surface area contributed by atoms with E-state index in [2.05, 4.69) is 15.0 Å². The van der Waals surface area contributed by atoms with Crippen LogP contribution in [0.2, 0.25) is 4.47 Å². The Bertz CT molecular complexity index is 1060. The number of nitrogens with one attached hydrogen (secondary N) is 2. The zero-order valence-corrected chi connectivity index (χ0v) is 17.5. The lowest BCUT2D eigenvalue weighted by Gasteiger charge is -2.16. The van der Waals surface area contributed by atoms with Gasteiger partial charge in [0.05, 0.1) is 26.5 Å². The largest absolute Gasteiger partial charge is 0.495 e. The molecular formula is C18H18ClN3O4S2. The van der Waals surface area contributed by atoms with Crippen LogP contribution < -0.4 is 19.5 Å². The van der Waals surface area contributed by atoms with Gasteiger partial charge < -0.3 is 14.8 Å². The second kappa shape index (κ2) is 8.68. The van der Waals surface area contributed by atoms with Gasteiger partial charge in [0.25, 0.3) is 10.0 Å². The Morgan fingerprint density at radius 1 is 1.11 bits per heavy atom. The molecule has 0 saturated heterocycles. The summed E-state index contributed by atoms with van der Waals surface area (Å²) in [7, 11) is -0.995. The van der Waals surface area contributed by atoms with Crippen molar-refractivity contribution in [2.75, 3.05) is 24.3 Å². The molecule has 0 amide bonds. The third-order valence-electron chi connectivity index (χ3n) is 3.78. The van der Waals surface area contributed by atoms with Crippen molar-refractivity contribution in [3.63, 3.8) is 0 Å². The van der Waals surface area contributed by atoms with Crippen LogP contribution >= 0.6 is 22.9 Å². The van der Waals surface area contributed by atoms with E-state index in [0.29, 0.717) is 28.1 Å². The number of benzene rings is 2. The summed E-state index contributed by atoms with van der Waals surface area (Å²) < 4.78 is 39.4. The van der Waals surface area contributed by atoms with Crippen molar-refractivity contribution in [3.8, 4) is 11.5 Å². The summed E-state index contributed by atoms with van der Waals surface area (Å²) in [6, 6.07) is 11.6. The Hall–Kier alpha value is -2.49. The Morgan fingerprint density at radius 2 is 1.82 bits per heavy atom. The van der Waals surface area contributed by atoms with Crippen LogP contribution in [0.4, 0.5) is 11.4 Å². The summed E-state index contributed by atoms with van der Waals surface area (Å²) in [4.78, 5) is 4.89. The quantitative estimate of drug-likeness (QED) is 0.546. The number of ether oxygens (including phenoxy) is 2. The number of methoxy groups -OCH3 is 2. The Labute approximate surface area is 172 Å². The lowest BCUT2D eigenvalue weighted by atomic mass is 10.2. The van der Waals surface area contributed by atoms with Gasteiger partial charge in [-0.3, -0.25) is 4.72 Å². The molecule has 1 heterocycles. The average molecular weight is 440 g/mol. The molecule has 0 aliphatic carbocycles. The molecule has 7 nitrogen and oxygen atoms in total.